The van der Waals surface area contributed by atoms with Gasteiger partial charge in [-0.15, -0.1) is 0 Å². The molecule has 2 heterocycles. The first-order valence-corrected chi connectivity index (χ1v) is 8.00. The zero-order chi connectivity index (χ0) is 15.2. The average molecular weight is 298 g/mol. The van der Waals surface area contributed by atoms with Crippen molar-refractivity contribution in [1.82, 2.24) is 9.80 Å². The SMILES string of the molecule is CCOC1CCN(C(=O)N2CCCCC2CC(=O)O)CC1. The third kappa shape index (κ3) is 4.33. The number of amides is 2. The first-order chi connectivity index (χ1) is 10.1. The van der Waals surface area contributed by atoms with Crippen LogP contribution in [0.25, 0.3) is 0 Å². The van der Waals surface area contributed by atoms with E-state index in [0.29, 0.717) is 26.2 Å². The van der Waals surface area contributed by atoms with Gasteiger partial charge in [0.25, 0.3) is 0 Å². The molecule has 1 unspecified atom stereocenters. The van der Waals surface area contributed by atoms with Crippen molar-refractivity contribution in [3.05, 3.63) is 0 Å². The van der Waals surface area contributed by atoms with Crippen molar-refractivity contribution < 1.29 is 19.4 Å². The quantitative estimate of drug-likeness (QED) is 0.861. The monoisotopic (exact) mass is 298 g/mol. The Morgan fingerprint density at radius 1 is 1.14 bits per heavy atom. The van der Waals surface area contributed by atoms with Crippen LogP contribution in [0.5, 0.6) is 0 Å². The van der Waals surface area contributed by atoms with Crippen LogP contribution in [0, 0.1) is 0 Å². The van der Waals surface area contributed by atoms with Crippen molar-refractivity contribution in [2.45, 2.75) is 57.6 Å². The van der Waals surface area contributed by atoms with Crippen LogP contribution >= 0.6 is 0 Å². The lowest BCUT2D eigenvalue weighted by Crippen LogP contribution is -2.53. The first kappa shape index (κ1) is 16.1. The van der Waals surface area contributed by atoms with Crippen LogP contribution in [-0.2, 0) is 9.53 Å². The number of carboxylic acid groups (broad SMARTS) is 1. The van der Waals surface area contributed by atoms with Crippen LogP contribution in [0.2, 0.25) is 0 Å². The fourth-order valence-electron chi connectivity index (χ4n) is 3.30. The Bertz CT molecular complexity index is 367. The Morgan fingerprint density at radius 3 is 2.48 bits per heavy atom. The zero-order valence-corrected chi connectivity index (χ0v) is 12.8. The number of rotatable bonds is 4. The highest BCUT2D eigenvalue weighted by Crippen LogP contribution is 2.23. The Balaban J connectivity index is 1.90. The van der Waals surface area contributed by atoms with Gasteiger partial charge in [-0.3, -0.25) is 4.79 Å². The summed E-state index contributed by atoms with van der Waals surface area (Å²) in [6.07, 6.45) is 4.84. The van der Waals surface area contributed by atoms with E-state index in [1.165, 1.54) is 0 Å². The van der Waals surface area contributed by atoms with Gasteiger partial charge in [-0.1, -0.05) is 0 Å². The number of nitrogens with zero attached hydrogens (tertiary/aromatic N) is 2. The molecule has 2 aliphatic rings. The van der Waals surface area contributed by atoms with E-state index in [9.17, 15) is 9.59 Å². The molecule has 2 aliphatic heterocycles. The molecule has 0 aromatic heterocycles. The number of carbonyl (C=O) groups excluding carboxylic acids is 1. The van der Waals surface area contributed by atoms with Crippen molar-refractivity contribution in [1.29, 1.82) is 0 Å². The summed E-state index contributed by atoms with van der Waals surface area (Å²) in [7, 11) is 0. The molecule has 0 radical (unpaired) electrons. The largest absolute Gasteiger partial charge is 0.481 e. The summed E-state index contributed by atoms with van der Waals surface area (Å²) in [5.41, 5.74) is 0. The van der Waals surface area contributed by atoms with Gasteiger partial charge in [0.2, 0.25) is 0 Å². The maximum atomic E-state index is 12.6. The highest BCUT2D eigenvalue weighted by molar-refractivity contribution is 5.76. The molecule has 0 aromatic carbocycles. The molecular weight excluding hydrogens is 272 g/mol. The van der Waals surface area contributed by atoms with Crippen molar-refractivity contribution in [2.24, 2.45) is 0 Å². The van der Waals surface area contributed by atoms with E-state index < -0.39 is 5.97 Å². The molecule has 0 aliphatic carbocycles. The van der Waals surface area contributed by atoms with Crippen LogP contribution in [0.3, 0.4) is 0 Å². The predicted molar refractivity (Wildman–Crippen MR) is 78.2 cm³/mol. The number of aliphatic carboxylic acids is 1. The molecule has 2 fully saturated rings. The van der Waals surface area contributed by atoms with Gasteiger partial charge >= 0.3 is 12.0 Å². The maximum absolute atomic E-state index is 12.6. The van der Waals surface area contributed by atoms with Gasteiger partial charge in [-0.25, -0.2) is 4.79 Å². The van der Waals surface area contributed by atoms with E-state index in [2.05, 4.69) is 0 Å². The van der Waals surface area contributed by atoms with Crippen LogP contribution < -0.4 is 0 Å². The molecule has 0 aromatic rings. The van der Waals surface area contributed by atoms with Gasteiger partial charge in [-0.05, 0) is 39.0 Å². The highest BCUT2D eigenvalue weighted by Gasteiger charge is 2.33. The highest BCUT2D eigenvalue weighted by atomic mass is 16.5. The zero-order valence-electron chi connectivity index (χ0n) is 12.8. The Kier molecular flexibility index (Phi) is 5.85. The fourth-order valence-corrected chi connectivity index (χ4v) is 3.30. The van der Waals surface area contributed by atoms with Gasteiger partial charge in [0, 0.05) is 32.3 Å². The number of ether oxygens (including phenoxy) is 1. The molecule has 0 bridgehead atoms. The second-order valence-corrected chi connectivity index (χ2v) is 5.87. The second-order valence-electron chi connectivity index (χ2n) is 5.87. The molecule has 21 heavy (non-hydrogen) atoms. The summed E-state index contributed by atoms with van der Waals surface area (Å²) < 4.78 is 5.60. The van der Waals surface area contributed by atoms with Crippen molar-refractivity contribution in [3.63, 3.8) is 0 Å². The molecule has 2 rings (SSSR count). The smallest absolute Gasteiger partial charge is 0.320 e. The van der Waals surface area contributed by atoms with E-state index in [1.54, 1.807) is 4.90 Å². The average Bonchev–Trinajstić information content (AvgIpc) is 2.48. The number of carboxylic acids is 1. The summed E-state index contributed by atoms with van der Waals surface area (Å²) in [6.45, 7) is 4.80. The van der Waals surface area contributed by atoms with E-state index in [0.717, 1.165) is 32.1 Å². The van der Waals surface area contributed by atoms with Crippen LogP contribution in [-0.4, -0.2) is 65.3 Å². The summed E-state index contributed by atoms with van der Waals surface area (Å²) in [5, 5.41) is 9.00. The summed E-state index contributed by atoms with van der Waals surface area (Å²) in [5.74, 6) is -0.824. The van der Waals surface area contributed by atoms with Gasteiger partial charge in [0.05, 0.1) is 12.5 Å². The summed E-state index contributed by atoms with van der Waals surface area (Å²) >= 11 is 0. The molecule has 1 atom stereocenters. The molecule has 6 nitrogen and oxygen atoms in total. The van der Waals surface area contributed by atoms with E-state index >= 15 is 0 Å². The van der Waals surface area contributed by atoms with Crippen molar-refractivity contribution in [2.75, 3.05) is 26.2 Å². The topological polar surface area (TPSA) is 70.1 Å². The molecule has 120 valence electrons. The number of urea groups is 1. The predicted octanol–water partition coefficient (Wildman–Crippen LogP) is 1.94. The Morgan fingerprint density at radius 2 is 1.86 bits per heavy atom. The fraction of sp³-hybridized carbons (Fsp3) is 0.867. The molecule has 2 amide bonds. The third-order valence-electron chi connectivity index (χ3n) is 4.40. The number of likely N-dealkylation sites (tertiary alicyclic amines) is 2. The summed E-state index contributed by atoms with van der Waals surface area (Å²) in [4.78, 5) is 27.2. The van der Waals surface area contributed by atoms with Crippen molar-refractivity contribution >= 4 is 12.0 Å². The second kappa shape index (κ2) is 7.64. The lowest BCUT2D eigenvalue weighted by molar-refractivity contribution is -0.138. The number of hydrogen-bond donors (Lipinski definition) is 1. The van der Waals surface area contributed by atoms with Gasteiger partial charge < -0.3 is 19.6 Å². The van der Waals surface area contributed by atoms with Gasteiger partial charge in [0.1, 0.15) is 0 Å². The minimum absolute atomic E-state index is 0.0101. The third-order valence-corrected chi connectivity index (χ3v) is 4.40. The number of carbonyl (C=O) groups is 2. The molecular formula is C15H26N2O4. The van der Waals surface area contributed by atoms with Crippen LogP contribution in [0.1, 0.15) is 45.4 Å². The van der Waals surface area contributed by atoms with E-state index in [1.807, 2.05) is 11.8 Å². The molecule has 2 saturated heterocycles. The standard InChI is InChI=1S/C15H26N2O4/c1-2-21-13-6-9-16(10-7-13)15(20)17-8-4-3-5-12(17)11-14(18)19/h12-13H,2-11H2,1H3,(H,18,19). The molecule has 1 N–H and O–H groups in total. The molecule has 6 heteroatoms. The molecule has 0 saturated carbocycles. The Labute approximate surface area is 126 Å². The normalized spacial score (nSPS) is 24.1. The number of piperidine rings is 2. The van der Waals surface area contributed by atoms with Gasteiger partial charge in [-0.2, -0.15) is 0 Å². The van der Waals surface area contributed by atoms with Crippen molar-refractivity contribution in [3.8, 4) is 0 Å². The van der Waals surface area contributed by atoms with Crippen LogP contribution in [0.15, 0.2) is 0 Å². The summed E-state index contributed by atoms with van der Waals surface area (Å²) in [6, 6.07) is -0.135. The lowest BCUT2D eigenvalue weighted by Gasteiger charge is -2.40. The first-order valence-electron chi connectivity index (χ1n) is 8.00. The lowest BCUT2D eigenvalue weighted by atomic mass is 9.99. The minimum atomic E-state index is -0.824. The van der Waals surface area contributed by atoms with E-state index in [-0.39, 0.29) is 24.6 Å². The number of hydrogen-bond acceptors (Lipinski definition) is 3. The molecule has 0 spiro atoms. The van der Waals surface area contributed by atoms with E-state index in [4.69, 9.17) is 9.84 Å². The van der Waals surface area contributed by atoms with Crippen LogP contribution in [0.4, 0.5) is 4.79 Å². The minimum Gasteiger partial charge on any atom is -0.481 e. The maximum Gasteiger partial charge on any atom is 0.320 e. The van der Waals surface area contributed by atoms with Gasteiger partial charge in [0.15, 0.2) is 0 Å². The Hall–Kier alpha value is -1.30.